The topological polar surface area (TPSA) is 39.9 Å². The van der Waals surface area contributed by atoms with Crippen molar-refractivity contribution < 1.29 is 4.74 Å². The van der Waals surface area contributed by atoms with Crippen LogP contribution in [0.3, 0.4) is 0 Å². The first-order chi connectivity index (χ1) is 14.8. The van der Waals surface area contributed by atoms with Gasteiger partial charge in [0, 0.05) is 11.9 Å². The molecule has 4 nitrogen and oxygen atoms in total. The van der Waals surface area contributed by atoms with Crippen molar-refractivity contribution >= 4 is 33.1 Å². The van der Waals surface area contributed by atoms with Crippen LogP contribution in [0.2, 0.25) is 0 Å². The molecule has 0 aliphatic heterocycles. The van der Waals surface area contributed by atoms with Gasteiger partial charge in [0.15, 0.2) is 5.65 Å². The van der Waals surface area contributed by atoms with E-state index < -0.39 is 0 Å². The van der Waals surface area contributed by atoms with E-state index in [1.807, 2.05) is 24.3 Å². The summed E-state index contributed by atoms with van der Waals surface area (Å²) in [4.78, 5) is 9.89. The van der Waals surface area contributed by atoms with Crippen LogP contribution in [0.5, 0.6) is 5.75 Å². The van der Waals surface area contributed by atoms with Crippen LogP contribution < -0.4 is 4.74 Å². The lowest BCUT2D eigenvalue weighted by Gasteiger charge is -2.09. The van der Waals surface area contributed by atoms with Gasteiger partial charge in [-0.2, -0.15) is 0 Å². The highest BCUT2D eigenvalue weighted by molar-refractivity contribution is 6.06. The largest absolute Gasteiger partial charge is 0.494 e. The zero-order valence-electron chi connectivity index (χ0n) is 17.2. The van der Waals surface area contributed by atoms with Gasteiger partial charge in [-0.25, -0.2) is 9.97 Å². The van der Waals surface area contributed by atoms with Crippen LogP contribution in [0.15, 0.2) is 72.8 Å². The van der Waals surface area contributed by atoms with E-state index in [1.54, 1.807) is 0 Å². The fourth-order valence-corrected chi connectivity index (χ4v) is 3.96. The van der Waals surface area contributed by atoms with Crippen LogP contribution in [0.25, 0.3) is 33.1 Å². The first-order valence-electron chi connectivity index (χ1n) is 10.7. The van der Waals surface area contributed by atoms with E-state index in [9.17, 15) is 0 Å². The molecule has 0 saturated carbocycles. The summed E-state index contributed by atoms with van der Waals surface area (Å²) in [7, 11) is 0. The average Bonchev–Trinajstić information content (AvgIpc) is 3.09. The predicted molar refractivity (Wildman–Crippen MR) is 123 cm³/mol. The van der Waals surface area contributed by atoms with E-state index in [1.165, 1.54) is 18.4 Å². The highest BCUT2D eigenvalue weighted by atomic mass is 16.5. The third kappa shape index (κ3) is 3.50. The summed E-state index contributed by atoms with van der Waals surface area (Å²) in [6.45, 7) is 3.73. The molecule has 4 heteroatoms. The summed E-state index contributed by atoms with van der Waals surface area (Å²) in [6, 6.07) is 24.9. The van der Waals surface area contributed by atoms with Crippen molar-refractivity contribution in [2.24, 2.45) is 0 Å². The normalized spacial score (nSPS) is 11.5. The summed E-state index contributed by atoms with van der Waals surface area (Å²) < 4.78 is 8.12. The lowest BCUT2D eigenvalue weighted by molar-refractivity contribution is 0.306. The fraction of sp³-hybridized carbons (Fsp3) is 0.231. The number of hydrogen-bond donors (Lipinski definition) is 0. The molecule has 0 saturated heterocycles. The molecule has 2 aromatic heterocycles. The first kappa shape index (κ1) is 18.6. The highest BCUT2D eigenvalue weighted by Gasteiger charge is 2.14. The van der Waals surface area contributed by atoms with Crippen LogP contribution >= 0.6 is 0 Å². The third-order valence-corrected chi connectivity index (χ3v) is 5.54. The number of aromatic nitrogens is 3. The molecule has 0 N–H and O–H groups in total. The van der Waals surface area contributed by atoms with E-state index in [0.29, 0.717) is 0 Å². The Hall–Kier alpha value is -3.40. The second-order valence-corrected chi connectivity index (χ2v) is 7.69. The molecular formula is C26H25N3O. The summed E-state index contributed by atoms with van der Waals surface area (Å²) in [5.74, 6) is 0.933. The Morgan fingerprint density at radius 3 is 2.33 bits per heavy atom. The zero-order valence-corrected chi connectivity index (χ0v) is 17.2. The maximum Gasteiger partial charge on any atom is 0.160 e. The maximum atomic E-state index is 5.86. The lowest BCUT2D eigenvalue weighted by Crippen LogP contribution is -2.02. The van der Waals surface area contributed by atoms with Gasteiger partial charge < -0.3 is 9.30 Å². The molecular weight excluding hydrogens is 370 g/mol. The van der Waals surface area contributed by atoms with Crippen LogP contribution in [-0.4, -0.2) is 21.1 Å². The first-order valence-corrected chi connectivity index (χ1v) is 10.7. The van der Waals surface area contributed by atoms with Crippen molar-refractivity contribution in [3.05, 3.63) is 78.4 Å². The number of ether oxygens (including phenoxy) is 1. The van der Waals surface area contributed by atoms with Gasteiger partial charge in [0.2, 0.25) is 0 Å². The molecule has 3 aromatic carbocycles. The molecule has 5 aromatic rings. The SMILES string of the molecule is CCCCCOc1ccc(Cn2c3ccccc3c3nc4ccccc4nc32)cc1. The minimum absolute atomic E-state index is 0.743. The lowest BCUT2D eigenvalue weighted by atomic mass is 10.2. The molecule has 0 fully saturated rings. The van der Waals surface area contributed by atoms with E-state index in [4.69, 9.17) is 14.7 Å². The van der Waals surface area contributed by atoms with Crippen LogP contribution in [0, 0.1) is 0 Å². The molecule has 0 atom stereocenters. The minimum atomic E-state index is 0.743. The second-order valence-electron chi connectivity index (χ2n) is 7.69. The van der Waals surface area contributed by atoms with Gasteiger partial charge in [-0.05, 0) is 42.3 Å². The summed E-state index contributed by atoms with van der Waals surface area (Å²) in [5.41, 5.74) is 6.11. The number of fused-ring (bicyclic) bond motifs is 4. The quantitative estimate of drug-likeness (QED) is 0.301. The van der Waals surface area contributed by atoms with Gasteiger partial charge in [-0.1, -0.05) is 62.2 Å². The summed E-state index contributed by atoms with van der Waals surface area (Å²) in [5, 5.41) is 1.14. The zero-order chi connectivity index (χ0) is 20.3. The van der Waals surface area contributed by atoms with Gasteiger partial charge in [0.1, 0.15) is 11.3 Å². The van der Waals surface area contributed by atoms with Gasteiger partial charge in [-0.3, -0.25) is 0 Å². The van der Waals surface area contributed by atoms with Crippen molar-refractivity contribution in [1.29, 1.82) is 0 Å². The molecule has 30 heavy (non-hydrogen) atoms. The van der Waals surface area contributed by atoms with Crippen molar-refractivity contribution in [3.8, 4) is 5.75 Å². The monoisotopic (exact) mass is 395 g/mol. The summed E-state index contributed by atoms with van der Waals surface area (Å²) in [6.07, 6.45) is 3.52. The molecule has 5 rings (SSSR count). The molecule has 150 valence electrons. The van der Waals surface area contributed by atoms with Crippen molar-refractivity contribution in [3.63, 3.8) is 0 Å². The number of nitrogens with zero attached hydrogens (tertiary/aromatic N) is 3. The number of unbranched alkanes of at least 4 members (excludes halogenated alkanes) is 2. The average molecular weight is 396 g/mol. The number of hydrogen-bond acceptors (Lipinski definition) is 3. The van der Waals surface area contributed by atoms with Crippen molar-refractivity contribution in [2.75, 3.05) is 6.61 Å². The Morgan fingerprint density at radius 2 is 1.53 bits per heavy atom. The van der Waals surface area contributed by atoms with Crippen molar-refractivity contribution in [2.45, 2.75) is 32.7 Å². The molecule has 2 heterocycles. The van der Waals surface area contributed by atoms with E-state index in [-0.39, 0.29) is 0 Å². The van der Waals surface area contributed by atoms with Gasteiger partial charge in [0.25, 0.3) is 0 Å². The van der Waals surface area contributed by atoms with Crippen molar-refractivity contribution in [1.82, 2.24) is 14.5 Å². The molecule has 0 aliphatic rings. The van der Waals surface area contributed by atoms with Crippen LogP contribution in [-0.2, 0) is 6.54 Å². The number of rotatable bonds is 7. The second kappa shape index (κ2) is 8.15. The van der Waals surface area contributed by atoms with E-state index in [2.05, 4.69) is 60.0 Å². The Bertz CT molecular complexity index is 1300. The van der Waals surface area contributed by atoms with Crippen LogP contribution in [0.1, 0.15) is 31.7 Å². The molecule has 0 unspecified atom stereocenters. The standard InChI is InChI=1S/C26H25N3O/c1-2-3-8-17-30-20-15-13-19(14-16-20)18-29-24-12-7-4-9-21(24)25-26(29)28-23-11-6-5-10-22(23)27-25/h4-7,9-16H,2-3,8,17-18H2,1H3. The smallest absolute Gasteiger partial charge is 0.160 e. The Morgan fingerprint density at radius 1 is 0.800 bits per heavy atom. The van der Waals surface area contributed by atoms with Gasteiger partial charge >= 0.3 is 0 Å². The maximum absolute atomic E-state index is 5.86. The third-order valence-electron chi connectivity index (χ3n) is 5.54. The summed E-state index contributed by atoms with van der Waals surface area (Å²) >= 11 is 0. The molecule has 0 aliphatic carbocycles. The Labute approximate surface area is 176 Å². The van der Waals surface area contributed by atoms with Gasteiger partial charge in [-0.15, -0.1) is 0 Å². The fourth-order valence-electron chi connectivity index (χ4n) is 3.96. The molecule has 0 amide bonds. The Balaban J connectivity index is 1.51. The molecule has 0 spiro atoms. The van der Waals surface area contributed by atoms with Gasteiger partial charge in [0.05, 0.1) is 23.2 Å². The number of benzene rings is 3. The minimum Gasteiger partial charge on any atom is -0.494 e. The highest BCUT2D eigenvalue weighted by Crippen LogP contribution is 2.29. The van der Waals surface area contributed by atoms with Crippen LogP contribution in [0.4, 0.5) is 0 Å². The van der Waals surface area contributed by atoms with E-state index in [0.717, 1.165) is 58.4 Å². The predicted octanol–water partition coefficient (Wildman–Crippen LogP) is 6.36. The Kier molecular flexibility index (Phi) is 5.06. The van der Waals surface area contributed by atoms with E-state index >= 15 is 0 Å². The molecule has 0 radical (unpaired) electrons. The molecule has 0 bridgehead atoms. The number of para-hydroxylation sites is 3.